The van der Waals surface area contributed by atoms with Crippen LogP contribution in [0.25, 0.3) is 0 Å². The van der Waals surface area contributed by atoms with Crippen LogP contribution in [0.15, 0.2) is 53.9 Å². The van der Waals surface area contributed by atoms with Gasteiger partial charge in [-0.1, -0.05) is 18.2 Å². The molecule has 2 aromatic carbocycles. The molecular formula is C18H15N3O3. The molecule has 0 radical (unpaired) electrons. The maximum Gasteiger partial charge on any atom is 0.337 e. The standard InChI is InChI=1S/C18H15N3O3/c1-23-18(22)11-4-2-10(3-5-11)16-13-7-6-12(20)8-15(13)24-17(21)14(16)9-19/h2-8,16H,20-21H2,1H3/t16-/m0/s1. The second kappa shape index (κ2) is 5.97. The molecule has 6 heteroatoms. The molecule has 120 valence electrons. The number of allylic oxidation sites excluding steroid dienone is 1. The topological polar surface area (TPSA) is 111 Å². The third kappa shape index (κ3) is 2.52. The molecule has 1 atom stereocenters. The van der Waals surface area contributed by atoms with Crippen LogP contribution in [0, 0.1) is 11.3 Å². The SMILES string of the molecule is COC(=O)c1ccc([C@@H]2C(C#N)=C(N)Oc3cc(N)ccc32)cc1. The number of hydrogen-bond acceptors (Lipinski definition) is 6. The average Bonchev–Trinajstić information content (AvgIpc) is 2.59. The molecule has 6 nitrogen and oxygen atoms in total. The van der Waals surface area contributed by atoms with Crippen molar-refractivity contribution in [1.29, 1.82) is 5.26 Å². The van der Waals surface area contributed by atoms with Crippen molar-refractivity contribution in [2.75, 3.05) is 12.8 Å². The summed E-state index contributed by atoms with van der Waals surface area (Å²) in [5, 5.41) is 9.49. The average molecular weight is 321 g/mol. The lowest BCUT2D eigenvalue weighted by molar-refractivity contribution is 0.0600. The number of carbonyl (C=O) groups is 1. The first-order valence-electron chi connectivity index (χ1n) is 7.20. The van der Waals surface area contributed by atoms with Crippen molar-refractivity contribution in [1.82, 2.24) is 0 Å². The number of carbonyl (C=O) groups excluding carboxylic acids is 1. The Hall–Kier alpha value is -3.46. The summed E-state index contributed by atoms with van der Waals surface area (Å²) in [5.74, 6) is -0.227. The van der Waals surface area contributed by atoms with E-state index in [0.29, 0.717) is 22.6 Å². The van der Waals surface area contributed by atoms with Crippen molar-refractivity contribution in [2.45, 2.75) is 5.92 Å². The van der Waals surface area contributed by atoms with E-state index in [1.165, 1.54) is 7.11 Å². The van der Waals surface area contributed by atoms with Crippen LogP contribution in [-0.2, 0) is 4.74 Å². The van der Waals surface area contributed by atoms with E-state index in [1.807, 2.05) is 6.07 Å². The Balaban J connectivity index is 2.11. The van der Waals surface area contributed by atoms with Gasteiger partial charge in [-0.25, -0.2) is 4.79 Å². The lowest BCUT2D eigenvalue weighted by Crippen LogP contribution is -2.21. The first kappa shape index (κ1) is 15.4. The van der Waals surface area contributed by atoms with Gasteiger partial charge in [0.15, 0.2) is 0 Å². The van der Waals surface area contributed by atoms with E-state index in [-0.39, 0.29) is 11.8 Å². The van der Waals surface area contributed by atoms with Crippen molar-refractivity contribution in [3.05, 3.63) is 70.6 Å². The summed E-state index contributed by atoms with van der Waals surface area (Å²) >= 11 is 0. The smallest absolute Gasteiger partial charge is 0.337 e. The molecule has 0 spiro atoms. The van der Waals surface area contributed by atoms with Gasteiger partial charge in [0.2, 0.25) is 5.88 Å². The van der Waals surface area contributed by atoms with Crippen LogP contribution in [0.1, 0.15) is 27.4 Å². The zero-order chi connectivity index (χ0) is 17.3. The molecule has 3 rings (SSSR count). The van der Waals surface area contributed by atoms with Gasteiger partial charge in [0.25, 0.3) is 0 Å². The highest BCUT2D eigenvalue weighted by Gasteiger charge is 2.30. The van der Waals surface area contributed by atoms with E-state index in [2.05, 4.69) is 6.07 Å². The fourth-order valence-corrected chi connectivity index (χ4v) is 2.74. The van der Waals surface area contributed by atoms with Gasteiger partial charge in [0.1, 0.15) is 17.4 Å². The van der Waals surface area contributed by atoms with Crippen LogP contribution >= 0.6 is 0 Å². The van der Waals surface area contributed by atoms with Crippen molar-refractivity contribution >= 4 is 11.7 Å². The molecule has 4 N–H and O–H groups in total. The van der Waals surface area contributed by atoms with Gasteiger partial charge >= 0.3 is 5.97 Å². The summed E-state index contributed by atoms with van der Waals surface area (Å²) in [4.78, 5) is 11.6. The number of benzene rings is 2. The molecule has 1 heterocycles. The third-order valence-corrected chi connectivity index (χ3v) is 3.91. The van der Waals surface area contributed by atoms with Gasteiger partial charge < -0.3 is 20.9 Å². The molecule has 1 aliphatic heterocycles. The normalized spacial score (nSPS) is 15.9. The molecule has 24 heavy (non-hydrogen) atoms. The highest BCUT2D eigenvalue weighted by Crippen LogP contribution is 2.42. The summed E-state index contributed by atoms with van der Waals surface area (Å²) in [7, 11) is 1.33. The fourth-order valence-electron chi connectivity index (χ4n) is 2.74. The van der Waals surface area contributed by atoms with Gasteiger partial charge in [-0.15, -0.1) is 0 Å². The summed E-state index contributed by atoms with van der Waals surface area (Å²) in [6.07, 6.45) is 0. The zero-order valence-corrected chi connectivity index (χ0v) is 12.9. The maximum atomic E-state index is 11.6. The Morgan fingerprint density at radius 2 is 1.92 bits per heavy atom. The van der Waals surface area contributed by atoms with Crippen molar-refractivity contribution in [3.63, 3.8) is 0 Å². The number of hydrogen-bond donors (Lipinski definition) is 2. The summed E-state index contributed by atoms with van der Waals surface area (Å²) in [6, 6.07) is 14.2. The van der Waals surface area contributed by atoms with Crippen LogP contribution in [0.4, 0.5) is 5.69 Å². The van der Waals surface area contributed by atoms with Gasteiger partial charge in [0, 0.05) is 17.3 Å². The number of nitrogens with zero attached hydrogens (tertiary/aromatic N) is 1. The summed E-state index contributed by atoms with van der Waals surface area (Å²) in [5.41, 5.74) is 14.6. The first-order valence-corrected chi connectivity index (χ1v) is 7.20. The number of fused-ring (bicyclic) bond motifs is 1. The Morgan fingerprint density at radius 1 is 1.21 bits per heavy atom. The van der Waals surface area contributed by atoms with Crippen LogP contribution in [0.2, 0.25) is 0 Å². The summed E-state index contributed by atoms with van der Waals surface area (Å²) in [6.45, 7) is 0. The zero-order valence-electron chi connectivity index (χ0n) is 12.9. The second-order valence-corrected chi connectivity index (χ2v) is 5.34. The van der Waals surface area contributed by atoms with Gasteiger partial charge in [-0.05, 0) is 23.8 Å². The van der Waals surface area contributed by atoms with E-state index in [9.17, 15) is 10.1 Å². The molecule has 0 aromatic heterocycles. The number of anilines is 1. The van der Waals surface area contributed by atoms with Crippen molar-refractivity contribution < 1.29 is 14.3 Å². The molecule has 1 aliphatic rings. The molecular weight excluding hydrogens is 306 g/mol. The number of rotatable bonds is 2. The molecule has 0 saturated carbocycles. The largest absolute Gasteiger partial charge is 0.465 e. The maximum absolute atomic E-state index is 11.6. The molecule has 0 aliphatic carbocycles. The predicted molar refractivity (Wildman–Crippen MR) is 87.9 cm³/mol. The number of nitriles is 1. The van der Waals surface area contributed by atoms with Crippen LogP contribution < -0.4 is 16.2 Å². The van der Waals surface area contributed by atoms with Crippen LogP contribution in [-0.4, -0.2) is 13.1 Å². The van der Waals surface area contributed by atoms with E-state index < -0.39 is 5.97 Å². The van der Waals surface area contributed by atoms with Gasteiger partial charge in [-0.2, -0.15) is 5.26 Å². The summed E-state index contributed by atoms with van der Waals surface area (Å²) < 4.78 is 10.2. The fraction of sp³-hybridized carbons (Fsp3) is 0.111. The van der Waals surface area contributed by atoms with E-state index in [4.69, 9.17) is 20.9 Å². The van der Waals surface area contributed by atoms with Crippen LogP contribution in [0.3, 0.4) is 0 Å². The molecule has 0 bridgehead atoms. The molecule has 0 amide bonds. The van der Waals surface area contributed by atoms with E-state index >= 15 is 0 Å². The molecule has 0 fully saturated rings. The number of methoxy groups -OCH3 is 1. The molecule has 2 aromatic rings. The Bertz CT molecular complexity index is 879. The van der Waals surface area contributed by atoms with E-state index in [1.54, 1.807) is 36.4 Å². The highest BCUT2D eigenvalue weighted by molar-refractivity contribution is 5.89. The van der Waals surface area contributed by atoms with Crippen LogP contribution in [0.5, 0.6) is 5.75 Å². The minimum atomic E-state index is -0.419. The van der Waals surface area contributed by atoms with Gasteiger partial charge in [-0.3, -0.25) is 0 Å². The van der Waals surface area contributed by atoms with Crippen molar-refractivity contribution in [2.24, 2.45) is 5.73 Å². The third-order valence-electron chi connectivity index (χ3n) is 3.91. The quantitative estimate of drug-likeness (QED) is 0.648. The number of nitrogens with two attached hydrogens (primary N) is 2. The minimum Gasteiger partial charge on any atom is -0.465 e. The highest BCUT2D eigenvalue weighted by atomic mass is 16.5. The Labute approximate surface area is 138 Å². The van der Waals surface area contributed by atoms with E-state index in [0.717, 1.165) is 11.1 Å². The predicted octanol–water partition coefficient (Wildman–Crippen LogP) is 2.27. The number of ether oxygens (including phenoxy) is 2. The number of nitrogen functional groups attached to an aromatic ring is 1. The Morgan fingerprint density at radius 3 is 2.54 bits per heavy atom. The second-order valence-electron chi connectivity index (χ2n) is 5.34. The molecule has 0 unspecified atom stereocenters. The Kier molecular flexibility index (Phi) is 3.84. The lowest BCUT2D eigenvalue weighted by atomic mass is 9.83. The number of esters is 1. The van der Waals surface area contributed by atoms with Gasteiger partial charge in [0.05, 0.1) is 18.6 Å². The first-order chi connectivity index (χ1) is 11.5. The monoisotopic (exact) mass is 321 g/mol. The van der Waals surface area contributed by atoms with Crippen molar-refractivity contribution in [3.8, 4) is 11.8 Å². The lowest BCUT2D eigenvalue weighted by Gasteiger charge is -2.26. The minimum absolute atomic E-state index is 0.0534. The molecule has 0 saturated heterocycles.